The average molecular weight is 262 g/mol. The van der Waals surface area contributed by atoms with Gasteiger partial charge in [0.2, 0.25) is 0 Å². The van der Waals surface area contributed by atoms with Crippen molar-refractivity contribution in [3.8, 4) is 5.75 Å². The Morgan fingerprint density at radius 3 is 2.37 bits per heavy atom. The van der Waals surface area contributed by atoms with E-state index >= 15 is 0 Å². The number of aryl methyl sites for hydroxylation is 1. The predicted molar refractivity (Wildman–Crippen MR) is 78.6 cm³/mol. The smallest absolute Gasteiger partial charge is 0.121 e. The quantitative estimate of drug-likeness (QED) is 0.857. The summed E-state index contributed by atoms with van der Waals surface area (Å²) in [6.07, 6.45) is 9.06. The molecule has 0 saturated heterocycles. The van der Waals surface area contributed by atoms with Gasteiger partial charge in [-0.05, 0) is 48.4 Å². The lowest BCUT2D eigenvalue weighted by atomic mass is 9.84. The Hall–Kier alpha value is -1.02. The van der Waals surface area contributed by atoms with Gasteiger partial charge in [-0.2, -0.15) is 0 Å². The molecule has 0 bridgehead atoms. The lowest BCUT2D eigenvalue weighted by Gasteiger charge is -2.22. The van der Waals surface area contributed by atoms with Crippen LogP contribution in [-0.2, 0) is 11.3 Å². The van der Waals surface area contributed by atoms with Crippen LogP contribution < -0.4 is 0 Å². The molecule has 0 atom stereocenters. The second-order valence-corrected chi connectivity index (χ2v) is 5.83. The van der Waals surface area contributed by atoms with E-state index in [4.69, 9.17) is 4.74 Å². The van der Waals surface area contributed by atoms with Gasteiger partial charge in [-0.15, -0.1) is 0 Å². The minimum absolute atomic E-state index is 0.505. The van der Waals surface area contributed by atoms with E-state index < -0.39 is 0 Å². The van der Waals surface area contributed by atoms with Gasteiger partial charge in [0.15, 0.2) is 0 Å². The third-order valence-electron chi connectivity index (χ3n) is 4.25. The number of hydrogen-bond donors (Lipinski definition) is 1. The van der Waals surface area contributed by atoms with Crippen LogP contribution in [0.25, 0.3) is 0 Å². The lowest BCUT2D eigenvalue weighted by Crippen LogP contribution is -2.04. The van der Waals surface area contributed by atoms with E-state index in [2.05, 4.69) is 6.07 Å². The molecule has 0 aliphatic heterocycles. The zero-order valence-electron chi connectivity index (χ0n) is 12.2. The molecule has 1 aromatic carbocycles. The highest BCUT2D eigenvalue weighted by atomic mass is 16.5. The maximum Gasteiger partial charge on any atom is 0.121 e. The highest BCUT2D eigenvalue weighted by molar-refractivity contribution is 5.45. The van der Waals surface area contributed by atoms with Crippen LogP contribution in [0.2, 0.25) is 0 Å². The number of rotatable bonds is 3. The Labute approximate surface area is 116 Å². The second-order valence-electron chi connectivity index (χ2n) is 5.83. The fraction of sp³-hybridized carbons (Fsp3) is 0.647. The van der Waals surface area contributed by atoms with Crippen LogP contribution in [0.1, 0.15) is 67.6 Å². The van der Waals surface area contributed by atoms with E-state index in [0.717, 1.165) is 11.1 Å². The first-order valence-corrected chi connectivity index (χ1v) is 7.53. The van der Waals surface area contributed by atoms with Gasteiger partial charge < -0.3 is 9.84 Å². The third kappa shape index (κ3) is 3.73. The summed E-state index contributed by atoms with van der Waals surface area (Å²) in [7, 11) is 1.72. The number of methoxy groups -OCH3 is 1. The van der Waals surface area contributed by atoms with Crippen LogP contribution in [0, 0.1) is 6.92 Å². The van der Waals surface area contributed by atoms with Gasteiger partial charge in [0.1, 0.15) is 5.75 Å². The molecule has 0 unspecified atom stereocenters. The first-order chi connectivity index (χ1) is 9.22. The van der Waals surface area contributed by atoms with Crippen LogP contribution in [0.5, 0.6) is 5.75 Å². The largest absolute Gasteiger partial charge is 0.507 e. The molecule has 2 heteroatoms. The summed E-state index contributed by atoms with van der Waals surface area (Å²) in [5.74, 6) is 1.03. The summed E-state index contributed by atoms with van der Waals surface area (Å²) in [4.78, 5) is 0. The fourth-order valence-electron chi connectivity index (χ4n) is 3.21. The van der Waals surface area contributed by atoms with Crippen molar-refractivity contribution in [3.05, 3.63) is 28.8 Å². The molecule has 2 nitrogen and oxygen atoms in total. The van der Waals surface area contributed by atoms with Crippen LogP contribution in [0.3, 0.4) is 0 Å². The number of phenols is 1. The van der Waals surface area contributed by atoms with Crippen molar-refractivity contribution in [3.63, 3.8) is 0 Å². The van der Waals surface area contributed by atoms with Gasteiger partial charge in [0.25, 0.3) is 0 Å². The molecule has 0 heterocycles. The summed E-state index contributed by atoms with van der Waals surface area (Å²) in [5, 5.41) is 10.4. The highest BCUT2D eigenvalue weighted by Gasteiger charge is 2.18. The van der Waals surface area contributed by atoms with Gasteiger partial charge >= 0.3 is 0 Å². The average Bonchev–Trinajstić information content (AvgIpc) is 2.34. The van der Waals surface area contributed by atoms with Gasteiger partial charge in [-0.1, -0.05) is 38.2 Å². The number of aromatic hydroxyl groups is 1. The normalized spacial score (nSPS) is 18.0. The van der Waals surface area contributed by atoms with Crippen molar-refractivity contribution in [1.82, 2.24) is 0 Å². The van der Waals surface area contributed by atoms with E-state index in [9.17, 15) is 5.11 Å². The minimum atomic E-state index is 0.505. The van der Waals surface area contributed by atoms with Gasteiger partial charge in [-0.25, -0.2) is 0 Å². The molecule has 0 spiro atoms. The van der Waals surface area contributed by atoms with E-state index in [1.54, 1.807) is 7.11 Å². The van der Waals surface area contributed by atoms with Crippen LogP contribution >= 0.6 is 0 Å². The molecule has 1 saturated carbocycles. The molecule has 2 rings (SSSR count). The third-order valence-corrected chi connectivity index (χ3v) is 4.25. The van der Waals surface area contributed by atoms with Crippen LogP contribution in [-0.4, -0.2) is 12.2 Å². The van der Waals surface area contributed by atoms with Gasteiger partial charge in [0.05, 0.1) is 6.61 Å². The molecule has 19 heavy (non-hydrogen) atoms. The standard InChI is InChI=1S/C17H26O2/c1-13-10-14(12-19-2)11-16(17(13)18)15-8-6-4-3-5-7-9-15/h10-11,15,18H,3-9,12H2,1-2H3. The summed E-state index contributed by atoms with van der Waals surface area (Å²) in [6.45, 7) is 2.61. The minimum Gasteiger partial charge on any atom is -0.507 e. The number of benzene rings is 1. The molecule has 0 amide bonds. The zero-order chi connectivity index (χ0) is 13.7. The summed E-state index contributed by atoms with van der Waals surface area (Å²) in [5.41, 5.74) is 3.30. The van der Waals surface area contributed by atoms with Crippen molar-refractivity contribution in [2.24, 2.45) is 0 Å². The Morgan fingerprint density at radius 1 is 1.11 bits per heavy atom. The Bertz CT molecular complexity index is 404. The van der Waals surface area contributed by atoms with Crippen molar-refractivity contribution in [2.45, 2.75) is 64.4 Å². The second kappa shape index (κ2) is 6.95. The van der Waals surface area contributed by atoms with Crippen molar-refractivity contribution in [2.75, 3.05) is 7.11 Å². The number of phenolic OH excluding ortho intramolecular Hbond substituents is 1. The summed E-state index contributed by atoms with van der Waals surface area (Å²) in [6, 6.07) is 4.18. The predicted octanol–water partition coefficient (Wildman–Crippen LogP) is 4.67. The molecular formula is C17H26O2. The van der Waals surface area contributed by atoms with Crippen molar-refractivity contribution < 1.29 is 9.84 Å². The lowest BCUT2D eigenvalue weighted by molar-refractivity contribution is 0.184. The van der Waals surface area contributed by atoms with Gasteiger partial charge in [-0.3, -0.25) is 0 Å². The van der Waals surface area contributed by atoms with Crippen molar-refractivity contribution >= 4 is 0 Å². The zero-order valence-corrected chi connectivity index (χ0v) is 12.2. The molecule has 1 N–H and O–H groups in total. The Kier molecular flexibility index (Phi) is 5.26. The topological polar surface area (TPSA) is 29.5 Å². The van der Waals surface area contributed by atoms with Crippen LogP contribution in [0.15, 0.2) is 12.1 Å². The summed E-state index contributed by atoms with van der Waals surface area (Å²) >= 11 is 0. The molecule has 1 aliphatic carbocycles. The molecular weight excluding hydrogens is 236 g/mol. The highest BCUT2D eigenvalue weighted by Crippen LogP contribution is 2.37. The van der Waals surface area contributed by atoms with Crippen molar-refractivity contribution in [1.29, 1.82) is 0 Å². The van der Waals surface area contributed by atoms with Crippen LogP contribution in [0.4, 0.5) is 0 Å². The first kappa shape index (κ1) is 14.4. The molecule has 1 fully saturated rings. The van der Waals surface area contributed by atoms with E-state index in [1.165, 1.54) is 50.5 Å². The van der Waals surface area contributed by atoms with E-state index in [0.29, 0.717) is 18.3 Å². The number of hydrogen-bond acceptors (Lipinski definition) is 2. The molecule has 1 aliphatic rings. The van der Waals surface area contributed by atoms with E-state index in [1.807, 2.05) is 13.0 Å². The SMILES string of the molecule is COCc1cc(C)c(O)c(C2CCCCCCC2)c1. The van der Waals surface area contributed by atoms with E-state index in [-0.39, 0.29) is 0 Å². The molecule has 106 valence electrons. The monoisotopic (exact) mass is 262 g/mol. The Morgan fingerprint density at radius 2 is 1.74 bits per heavy atom. The first-order valence-electron chi connectivity index (χ1n) is 7.53. The number of ether oxygens (including phenoxy) is 1. The van der Waals surface area contributed by atoms with Gasteiger partial charge in [0, 0.05) is 7.11 Å². The molecule has 1 aromatic rings. The maximum atomic E-state index is 10.4. The molecule has 0 radical (unpaired) electrons. The molecule has 0 aromatic heterocycles. The maximum absolute atomic E-state index is 10.4. The summed E-state index contributed by atoms with van der Waals surface area (Å²) < 4.78 is 5.23. The fourth-order valence-corrected chi connectivity index (χ4v) is 3.21. The Balaban J connectivity index is 2.24.